The highest BCUT2D eigenvalue weighted by atomic mass is 28.4. The van der Waals surface area contributed by atoms with E-state index in [1.54, 1.807) is 0 Å². The molecule has 0 N–H and O–H groups in total. The quantitative estimate of drug-likeness (QED) is 0.435. The minimum atomic E-state index is -1.93. The first-order chi connectivity index (χ1) is 9.83. The summed E-state index contributed by atoms with van der Waals surface area (Å²) in [7, 11) is -1.93. The highest BCUT2D eigenvalue weighted by Gasteiger charge is 2.26. The van der Waals surface area contributed by atoms with Gasteiger partial charge in [0.2, 0.25) is 8.32 Å². The second-order valence-electron chi connectivity index (χ2n) is 6.05. The summed E-state index contributed by atoms with van der Waals surface area (Å²) in [4.78, 5) is 17.5. The third-order valence-electron chi connectivity index (χ3n) is 2.92. The standard InChI is InChI=1S/C16H25NO3Si/c1-6-13(2)15(16(18)20-21(3,4)5)17-19-12-14-10-8-7-9-11-14/h7-11,13H,6,12H2,1-5H3/b17-15+. The molecule has 0 amide bonds. The molecule has 1 atom stereocenters. The lowest BCUT2D eigenvalue weighted by Crippen LogP contribution is -2.35. The summed E-state index contributed by atoms with van der Waals surface area (Å²) in [6, 6.07) is 9.75. The molecule has 0 heterocycles. The molecular formula is C16H25NO3Si. The summed E-state index contributed by atoms with van der Waals surface area (Å²) in [5, 5.41) is 4.04. The van der Waals surface area contributed by atoms with Gasteiger partial charge in [0.05, 0.1) is 0 Å². The summed E-state index contributed by atoms with van der Waals surface area (Å²) in [5.74, 6) is -0.332. The van der Waals surface area contributed by atoms with Crippen LogP contribution in [-0.4, -0.2) is 20.0 Å². The molecule has 1 unspecified atom stereocenters. The van der Waals surface area contributed by atoms with Gasteiger partial charge < -0.3 is 9.26 Å². The summed E-state index contributed by atoms with van der Waals surface area (Å²) >= 11 is 0. The second kappa shape index (κ2) is 7.98. The van der Waals surface area contributed by atoms with Crippen molar-refractivity contribution in [2.75, 3.05) is 0 Å². The van der Waals surface area contributed by atoms with Crippen LogP contribution < -0.4 is 0 Å². The van der Waals surface area contributed by atoms with E-state index in [1.165, 1.54) is 0 Å². The van der Waals surface area contributed by atoms with Crippen LogP contribution >= 0.6 is 0 Å². The molecule has 0 radical (unpaired) electrons. The molecule has 21 heavy (non-hydrogen) atoms. The van der Waals surface area contributed by atoms with Crippen molar-refractivity contribution >= 4 is 20.0 Å². The van der Waals surface area contributed by atoms with Gasteiger partial charge in [-0.15, -0.1) is 0 Å². The Bertz CT molecular complexity index is 480. The lowest BCUT2D eigenvalue weighted by Gasteiger charge is -2.19. The van der Waals surface area contributed by atoms with E-state index in [2.05, 4.69) is 5.16 Å². The van der Waals surface area contributed by atoms with Gasteiger partial charge in [-0.2, -0.15) is 0 Å². The zero-order valence-electron chi connectivity index (χ0n) is 13.6. The molecular weight excluding hydrogens is 282 g/mol. The number of hydrogen-bond donors (Lipinski definition) is 0. The van der Waals surface area contributed by atoms with Crippen LogP contribution in [0.3, 0.4) is 0 Å². The molecule has 0 aliphatic heterocycles. The lowest BCUT2D eigenvalue weighted by atomic mass is 10.0. The van der Waals surface area contributed by atoms with E-state index in [9.17, 15) is 4.79 Å². The van der Waals surface area contributed by atoms with Crippen LogP contribution in [0.2, 0.25) is 19.6 Å². The normalized spacial score (nSPS) is 13.7. The van der Waals surface area contributed by atoms with Crippen LogP contribution in [0.4, 0.5) is 0 Å². The zero-order chi connectivity index (χ0) is 15.9. The Morgan fingerprint density at radius 1 is 1.24 bits per heavy atom. The number of nitrogens with zero attached hydrogens (tertiary/aromatic N) is 1. The Balaban J connectivity index is 2.73. The highest BCUT2D eigenvalue weighted by Crippen LogP contribution is 2.11. The number of oxime groups is 1. The van der Waals surface area contributed by atoms with Crippen molar-refractivity contribution in [3.05, 3.63) is 35.9 Å². The molecule has 1 rings (SSSR count). The average Bonchev–Trinajstić information content (AvgIpc) is 2.42. The largest absolute Gasteiger partial charge is 0.515 e. The first-order valence-corrected chi connectivity index (χ1v) is 10.7. The number of carbonyl (C=O) groups excluding carboxylic acids is 1. The van der Waals surface area contributed by atoms with Gasteiger partial charge in [0.1, 0.15) is 6.61 Å². The van der Waals surface area contributed by atoms with E-state index >= 15 is 0 Å². The summed E-state index contributed by atoms with van der Waals surface area (Å²) in [5.41, 5.74) is 1.39. The van der Waals surface area contributed by atoms with Gasteiger partial charge in [0.15, 0.2) is 5.71 Å². The van der Waals surface area contributed by atoms with Gasteiger partial charge in [-0.1, -0.05) is 49.3 Å². The van der Waals surface area contributed by atoms with E-state index in [1.807, 2.05) is 63.8 Å². The molecule has 0 bridgehead atoms. The molecule has 0 aliphatic carbocycles. The van der Waals surface area contributed by atoms with Gasteiger partial charge in [0.25, 0.3) is 0 Å². The molecule has 116 valence electrons. The SMILES string of the molecule is CCC(C)/C(=N\OCc1ccccc1)C(=O)O[Si](C)(C)C. The summed E-state index contributed by atoms with van der Waals surface area (Å²) in [6.07, 6.45) is 0.814. The van der Waals surface area contributed by atoms with Gasteiger partial charge in [-0.3, -0.25) is 0 Å². The molecule has 0 aliphatic rings. The Morgan fingerprint density at radius 3 is 2.38 bits per heavy atom. The van der Waals surface area contributed by atoms with Crippen molar-refractivity contribution in [2.45, 2.75) is 46.5 Å². The second-order valence-corrected chi connectivity index (χ2v) is 10.5. The third kappa shape index (κ3) is 6.58. The fourth-order valence-corrected chi connectivity index (χ4v) is 2.26. The van der Waals surface area contributed by atoms with Crippen molar-refractivity contribution in [1.82, 2.24) is 0 Å². The van der Waals surface area contributed by atoms with Crippen molar-refractivity contribution < 1.29 is 14.1 Å². The Hall–Kier alpha value is -1.62. The first kappa shape index (κ1) is 17.4. The van der Waals surface area contributed by atoms with E-state index in [4.69, 9.17) is 9.26 Å². The van der Waals surface area contributed by atoms with Gasteiger partial charge in [-0.05, 0) is 31.6 Å². The van der Waals surface area contributed by atoms with Crippen molar-refractivity contribution in [3.8, 4) is 0 Å². The monoisotopic (exact) mass is 307 g/mol. The Labute approximate surface area is 128 Å². The van der Waals surface area contributed by atoms with Crippen LogP contribution in [0, 0.1) is 5.92 Å². The van der Waals surface area contributed by atoms with Crippen LogP contribution in [0.15, 0.2) is 35.5 Å². The predicted octanol–water partition coefficient (Wildman–Crippen LogP) is 3.98. The molecule has 0 saturated heterocycles. The zero-order valence-corrected chi connectivity index (χ0v) is 14.6. The van der Waals surface area contributed by atoms with Gasteiger partial charge >= 0.3 is 5.97 Å². The molecule has 5 heteroatoms. The molecule has 0 saturated carbocycles. The number of carbonyl (C=O) groups is 1. The molecule has 4 nitrogen and oxygen atoms in total. The third-order valence-corrected chi connectivity index (χ3v) is 3.72. The van der Waals surface area contributed by atoms with E-state index in [-0.39, 0.29) is 11.9 Å². The summed E-state index contributed by atoms with van der Waals surface area (Å²) < 4.78 is 5.51. The fraction of sp³-hybridized carbons (Fsp3) is 0.500. The molecule has 1 aromatic rings. The first-order valence-electron chi connectivity index (χ1n) is 7.30. The topological polar surface area (TPSA) is 47.9 Å². The van der Waals surface area contributed by atoms with Crippen molar-refractivity contribution in [2.24, 2.45) is 11.1 Å². The maximum atomic E-state index is 12.2. The van der Waals surface area contributed by atoms with E-state index < -0.39 is 8.32 Å². The fourth-order valence-electron chi connectivity index (χ4n) is 1.60. The lowest BCUT2D eigenvalue weighted by molar-refractivity contribution is -0.128. The van der Waals surface area contributed by atoms with Gasteiger partial charge in [0, 0.05) is 5.92 Å². The maximum Gasteiger partial charge on any atom is 0.343 e. The minimum Gasteiger partial charge on any atom is -0.515 e. The number of rotatable bonds is 7. The Kier molecular flexibility index (Phi) is 6.62. The number of hydrogen-bond acceptors (Lipinski definition) is 4. The Morgan fingerprint density at radius 2 is 1.86 bits per heavy atom. The van der Waals surface area contributed by atoms with Crippen LogP contribution in [0.5, 0.6) is 0 Å². The van der Waals surface area contributed by atoms with Crippen molar-refractivity contribution in [3.63, 3.8) is 0 Å². The van der Waals surface area contributed by atoms with E-state index in [0.29, 0.717) is 12.3 Å². The maximum absolute atomic E-state index is 12.2. The van der Waals surface area contributed by atoms with Crippen LogP contribution in [0.1, 0.15) is 25.8 Å². The van der Waals surface area contributed by atoms with Crippen LogP contribution in [0.25, 0.3) is 0 Å². The molecule has 0 spiro atoms. The number of benzene rings is 1. The van der Waals surface area contributed by atoms with Crippen LogP contribution in [-0.2, 0) is 20.7 Å². The van der Waals surface area contributed by atoms with Gasteiger partial charge in [-0.25, -0.2) is 4.79 Å². The highest BCUT2D eigenvalue weighted by molar-refractivity contribution is 6.72. The smallest absolute Gasteiger partial charge is 0.343 e. The minimum absolute atomic E-state index is 0.0182. The van der Waals surface area contributed by atoms with E-state index in [0.717, 1.165) is 12.0 Å². The molecule has 0 fully saturated rings. The predicted molar refractivity (Wildman–Crippen MR) is 87.6 cm³/mol. The molecule has 1 aromatic carbocycles. The summed E-state index contributed by atoms with van der Waals surface area (Å²) in [6.45, 7) is 10.2. The molecule has 0 aromatic heterocycles. The van der Waals surface area contributed by atoms with Crippen molar-refractivity contribution in [1.29, 1.82) is 0 Å². The average molecular weight is 307 g/mol.